The van der Waals surface area contributed by atoms with E-state index in [4.69, 9.17) is 19.9 Å². The molecule has 0 unspecified atom stereocenters. The first-order valence-corrected chi connectivity index (χ1v) is 20.0. The van der Waals surface area contributed by atoms with Crippen LogP contribution >= 0.6 is 0 Å². The minimum Gasteiger partial charge on any atom is -0.236 e. The second-order valence-corrected chi connectivity index (χ2v) is 15.0. The Bertz CT molecular complexity index is 3030. The predicted molar refractivity (Wildman–Crippen MR) is 240 cm³/mol. The van der Waals surface area contributed by atoms with Crippen LogP contribution in [0.15, 0.2) is 219 Å². The molecule has 0 bridgehead atoms. The number of rotatable bonds is 7. The number of hydrogen-bond acceptors (Lipinski definition) is 4. The minimum absolute atomic E-state index is 0.601. The Labute approximate surface area is 343 Å². The van der Waals surface area contributed by atoms with Crippen molar-refractivity contribution in [1.82, 2.24) is 19.9 Å². The summed E-state index contributed by atoms with van der Waals surface area (Å²) in [5.41, 5.74) is 14.3. The number of fused-ring (bicyclic) bond motifs is 4. The zero-order chi connectivity index (χ0) is 39.2. The highest BCUT2D eigenvalue weighted by Crippen LogP contribution is 2.55. The van der Waals surface area contributed by atoms with E-state index in [0.29, 0.717) is 11.6 Å². The third-order valence-corrected chi connectivity index (χ3v) is 11.7. The maximum atomic E-state index is 5.58. The van der Waals surface area contributed by atoms with E-state index in [0.717, 1.165) is 66.8 Å². The number of nitrogens with zero attached hydrogens (tertiary/aromatic N) is 4. The van der Waals surface area contributed by atoms with Gasteiger partial charge in [-0.25, -0.2) is 19.9 Å². The summed E-state index contributed by atoms with van der Waals surface area (Å²) in [7, 11) is 0. The van der Waals surface area contributed by atoms with Crippen molar-refractivity contribution >= 4 is 10.8 Å². The Balaban J connectivity index is 1.02. The van der Waals surface area contributed by atoms with Crippen LogP contribution in [-0.4, -0.2) is 19.9 Å². The predicted octanol–water partition coefficient (Wildman–Crippen LogP) is 13.1. The van der Waals surface area contributed by atoms with Crippen LogP contribution in [0.2, 0.25) is 0 Å². The lowest BCUT2D eigenvalue weighted by atomic mass is 9.69. The van der Waals surface area contributed by atoms with Gasteiger partial charge in [0.1, 0.15) is 0 Å². The van der Waals surface area contributed by atoms with Gasteiger partial charge < -0.3 is 0 Å². The van der Waals surface area contributed by atoms with Crippen LogP contribution in [0.25, 0.3) is 78.3 Å². The van der Waals surface area contributed by atoms with Crippen LogP contribution in [0.3, 0.4) is 0 Å². The molecule has 59 heavy (non-hydrogen) atoms. The van der Waals surface area contributed by atoms with Crippen molar-refractivity contribution in [3.63, 3.8) is 0 Å². The van der Waals surface area contributed by atoms with Crippen molar-refractivity contribution < 1.29 is 0 Å². The maximum Gasteiger partial charge on any atom is 0.160 e. The number of hydrogen-bond donors (Lipinski definition) is 0. The van der Waals surface area contributed by atoms with Crippen LogP contribution in [0.4, 0.5) is 0 Å². The molecule has 0 radical (unpaired) electrons. The molecule has 276 valence electrons. The summed E-state index contributed by atoms with van der Waals surface area (Å²) in [5, 5.41) is 2.23. The van der Waals surface area contributed by atoms with E-state index in [9.17, 15) is 0 Å². The fourth-order valence-corrected chi connectivity index (χ4v) is 8.93. The molecular formula is C55H36N4. The van der Waals surface area contributed by atoms with Gasteiger partial charge in [0, 0.05) is 34.0 Å². The van der Waals surface area contributed by atoms with Crippen LogP contribution in [0.1, 0.15) is 22.4 Å². The van der Waals surface area contributed by atoms with Crippen LogP contribution < -0.4 is 0 Å². The first kappa shape index (κ1) is 34.4. The number of aromatic nitrogens is 4. The molecule has 4 heteroatoms. The lowest BCUT2D eigenvalue weighted by Gasteiger charge is -2.32. The summed E-state index contributed by atoms with van der Waals surface area (Å²) >= 11 is 0. The summed E-state index contributed by atoms with van der Waals surface area (Å²) in [4.78, 5) is 20.8. The van der Waals surface area contributed by atoms with Gasteiger partial charge in [0.25, 0.3) is 0 Å². The summed E-state index contributed by atoms with van der Waals surface area (Å²) in [6.07, 6.45) is 2.03. The van der Waals surface area contributed by atoms with Crippen LogP contribution in [0, 0.1) is 0 Å². The summed E-state index contributed by atoms with van der Waals surface area (Å²) in [6.45, 7) is 0. The summed E-state index contributed by atoms with van der Waals surface area (Å²) in [6, 6.07) is 74.5. The Morgan fingerprint density at radius 2 is 0.814 bits per heavy atom. The molecule has 1 aliphatic rings. The first-order valence-electron chi connectivity index (χ1n) is 20.0. The van der Waals surface area contributed by atoms with E-state index in [1.807, 2.05) is 42.6 Å². The van der Waals surface area contributed by atoms with Crippen LogP contribution in [-0.2, 0) is 5.41 Å². The van der Waals surface area contributed by atoms with Gasteiger partial charge in [0.05, 0.1) is 22.5 Å². The van der Waals surface area contributed by atoms with Gasteiger partial charge in [0.2, 0.25) is 0 Å². The van der Waals surface area contributed by atoms with Crippen molar-refractivity contribution in [2.45, 2.75) is 5.41 Å². The second kappa shape index (κ2) is 14.3. The van der Waals surface area contributed by atoms with E-state index in [-0.39, 0.29) is 0 Å². The Hall–Kier alpha value is -7.82. The molecule has 0 saturated carbocycles. The van der Waals surface area contributed by atoms with Gasteiger partial charge in [-0.3, -0.25) is 0 Å². The van der Waals surface area contributed by atoms with Crippen molar-refractivity contribution in [3.8, 4) is 67.5 Å². The molecule has 0 amide bonds. The highest BCUT2D eigenvalue weighted by molar-refractivity contribution is 6.04. The molecule has 2 heterocycles. The molecule has 11 rings (SSSR count). The van der Waals surface area contributed by atoms with Crippen molar-refractivity contribution in [1.29, 1.82) is 0 Å². The van der Waals surface area contributed by atoms with Gasteiger partial charge >= 0.3 is 0 Å². The largest absolute Gasteiger partial charge is 0.236 e. The lowest BCUT2D eigenvalue weighted by Crippen LogP contribution is -2.29. The third-order valence-electron chi connectivity index (χ3n) is 11.7. The Kier molecular flexibility index (Phi) is 8.34. The normalized spacial score (nSPS) is 12.5. The third kappa shape index (κ3) is 5.76. The molecule has 10 aromatic rings. The molecule has 8 aromatic carbocycles. The van der Waals surface area contributed by atoms with Gasteiger partial charge in [-0.2, -0.15) is 0 Å². The van der Waals surface area contributed by atoms with E-state index in [2.05, 4.69) is 176 Å². The van der Waals surface area contributed by atoms with Crippen molar-refractivity contribution in [2.24, 2.45) is 0 Å². The molecule has 0 saturated heterocycles. The lowest BCUT2D eigenvalue weighted by molar-refractivity contribution is 0.736. The van der Waals surface area contributed by atoms with E-state index in [1.54, 1.807) is 0 Å². The van der Waals surface area contributed by atoms with Crippen LogP contribution in [0.5, 0.6) is 0 Å². The van der Waals surface area contributed by atoms with Crippen molar-refractivity contribution in [2.75, 3.05) is 0 Å². The summed E-state index contributed by atoms with van der Waals surface area (Å²) < 4.78 is 0. The topological polar surface area (TPSA) is 51.6 Å². The standard InChI is InChI=1S/C55H36N4/c1-5-17-38(18-6-1)50-35-51(39-19-7-2-8-20-39)58-53(57-50)40-31-29-37(30-32-40)43-33-34-47(45-26-14-13-25-44(43)45)54-56-36-48-46-27-15-16-28-49(46)55(52(48)59-54,41-21-9-3-10-22-41)42-23-11-4-12-24-42/h1-36H. The summed E-state index contributed by atoms with van der Waals surface area (Å²) in [5.74, 6) is 1.39. The van der Waals surface area contributed by atoms with Gasteiger partial charge in [-0.1, -0.05) is 200 Å². The van der Waals surface area contributed by atoms with E-state index in [1.165, 1.54) is 22.3 Å². The first-order chi connectivity index (χ1) is 29.3. The minimum atomic E-state index is -0.601. The molecule has 4 nitrogen and oxygen atoms in total. The molecule has 0 fully saturated rings. The van der Waals surface area contributed by atoms with Crippen molar-refractivity contribution in [3.05, 3.63) is 241 Å². The molecule has 1 aliphatic carbocycles. The second-order valence-electron chi connectivity index (χ2n) is 15.0. The quantitative estimate of drug-likeness (QED) is 0.163. The fraction of sp³-hybridized carbons (Fsp3) is 0.0182. The molecule has 0 atom stereocenters. The molecular weight excluding hydrogens is 717 g/mol. The van der Waals surface area contributed by atoms with Gasteiger partial charge in [0.15, 0.2) is 11.6 Å². The zero-order valence-electron chi connectivity index (χ0n) is 32.1. The fourth-order valence-electron chi connectivity index (χ4n) is 8.93. The van der Waals surface area contributed by atoms with Gasteiger partial charge in [-0.15, -0.1) is 0 Å². The van der Waals surface area contributed by atoms with Gasteiger partial charge in [-0.05, 0) is 56.3 Å². The SMILES string of the molecule is c1ccc(-c2cc(-c3ccccc3)nc(-c3ccc(-c4ccc(-c5ncc6c(n5)C(c5ccccc5)(c5ccccc5)c5ccccc5-6)c5ccccc45)cc3)n2)cc1. The molecule has 0 aliphatic heterocycles. The average Bonchev–Trinajstić information content (AvgIpc) is 3.62. The molecule has 2 aromatic heterocycles. The Morgan fingerprint density at radius 3 is 1.42 bits per heavy atom. The Morgan fingerprint density at radius 1 is 0.322 bits per heavy atom. The monoisotopic (exact) mass is 752 g/mol. The zero-order valence-corrected chi connectivity index (χ0v) is 32.1. The van der Waals surface area contributed by atoms with E-state index < -0.39 is 5.41 Å². The highest BCUT2D eigenvalue weighted by Gasteiger charge is 2.47. The molecule has 0 spiro atoms. The average molecular weight is 753 g/mol. The molecule has 0 N–H and O–H groups in total. The number of benzene rings is 8. The smallest absolute Gasteiger partial charge is 0.160 e. The highest BCUT2D eigenvalue weighted by atomic mass is 14.9. The van der Waals surface area contributed by atoms with E-state index >= 15 is 0 Å². The maximum absolute atomic E-state index is 5.58.